The fourth-order valence-electron chi connectivity index (χ4n) is 9.44. The van der Waals surface area contributed by atoms with Crippen LogP contribution in [0.2, 0.25) is 0 Å². The summed E-state index contributed by atoms with van der Waals surface area (Å²) in [5.41, 5.74) is 14.6. The molecule has 0 aliphatic heterocycles. The summed E-state index contributed by atoms with van der Waals surface area (Å²) >= 11 is 21.7. The average molecular weight is 1280 g/mol. The third-order valence-corrected chi connectivity index (χ3v) is 18.7. The third kappa shape index (κ3) is 11.0. The molecular weight excluding hydrogens is 1200 g/mol. The summed E-state index contributed by atoms with van der Waals surface area (Å²) in [6.45, 7) is 34.0. The van der Waals surface area contributed by atoms with E-state index < -0.39 is 0 Å². The van der Waals surface area contributed by atoms with Crippen LogP contribution in [-0.2, 0) is 27.1 Å². The molecule has 0 saturated carbocycles. The van der Waals surface area contributed by atoms with Crippen LogP contribution in [0.4, 0.5) is 0 Å². The summed E-state index contributed by atoms with van der Waals surface area (Å²) in [6, 6.07) is 23.0. The van der Waals surface area contributed by atoms with E-state index >= 15 is 0 Å². The van der Waals surface area contributed by atoms with E-state index in [-0.39, 0.29) is 51.2 Å². The smallest absolute Gasteiger partial charge is 0.128 e. The summed E-state index contributed by atoms with van der Waals surface area (Å²) in [5.74, 6) is 3.83. The SMILES string of the molecule is COc1c2cc(C(C)(C)C)cc1C(Br)c1cc(C(C)(C)C)cc(c1OC)C(Br)c1cc(C(C)(C)C)cc(c1OC)C(Br)c1cc(C(C)(C)C)cc(c1OC)C(Br)c1cc(C(C)(C)C)cc(c1OC)C2Br. The van der Waals surface area contributed by atoms with Crippen LogP contribution >= 0.6 is 79.6 Å². The van der Waals surface area contributed by atoms with Gasteiger partial charge in [0.15, 0.2) is 0 Å². The number of hydrogen-bond donors (Lipinski definition) is 0. The average Bonchev–Trinajstić information content (AvgIpc) is 3.28. The molecular formula is C60H75Br5O5. The van der Waals surface area contributed by atoms with Crippen molar-refractivity contribution in [2.75, 3.05) is 35.5 Å². The molecule has 70 heavy (non-hydrogen) atoms. The van der Waals surface area contributed by atoms with Gasteiger partial charge < -0.3 is 23.7 Å². The Morgan fingerprint density at radius 3 is 0.414 bits per heavy atom. The molecule has 0 unspecified atom stereocenters. The number of rotatable bonds is 5. The molecule has 0 spiro atoms. The quantitative estimate of drug-likeness (QED) is 0.164. The molecule has 1 aliphatic carbocycles. The van der Waals surface area contributed by atoms with E-state index in [9.17, 15) is 0 Å². The summed E-state index contributed by atoms with van der Waals surface area (Å²) in [4.78, 5) is -1.76. The summed E-state index contributed by atoms with van der Waals surface area (Å²) < 4.78 is 33.2. The first-order valence-corrected chi connectivity index (χ1v) is 28.6. The third-order valence-electron chi connectivity index (χ3n) is 13.8. The molecule has 0 fully saturated rings. The molecule has 0 heterocycles. The summed E-state index contributed by atoms with van der Waals surface area (Å²) in [5, 5.41) is 0. The Labute approximate surface area is 463 Å². The maximum atomic E-state index is 6.65. The van der Waals surface area contributed by atoms with E-state index in [1.165, 1.54) is 27.8 Å². The molecule has 0 N–H and O–H groups in total. The molecule has 380 valence electrons. The highest BCUT2D eigenvalue weighted by molar-refractivity contribution is 9.10. The Balaban J connectivity index is 1.94. The van der Waals surface area contributed by atoms with E-state index in [1.54, 1.807) is 35.5 Å². The predicted molar refractivity (Wildman–Crippen MR) is 312 cm³/mol. The highest BCUT2D eigenvalue weighted by Gasteiger charge is 2.37. The number of alkyl halides is 5. The maximum Gasteiger partial charge on any atom is 0.128 e. The molecule has 10 heteroatoms. The fourth-order valence-corrected chi connectivity index (χ4v) is 12.8. The van der Waals surface area contributed by atoms with Crippen LogP contribution in [0.15, 0.2) is 60.7 Å². The van der Waals surface area contributed by atoms with Gasteiger partial charge >= 0.3 is 0 Å². The van der Waals surface area contributed by atoms with E-state index in [0.29, 0.717) is 0 Å². The van der Waals surface area contributed by atoms with Gasteiger partial charge in [-0.15, -0.1) is 0 Å². The second-order valence-corrected chi connectivity index (χ2v) is 28.6. The highest BCUT2D eigenvalue weighted by Crippen LogP contribution is 2.57. The van der Waals surface area contributed by atoms with Crippen LogP contribution in [0.25, 0.3) is 0 Å². The molecule has 0 amide bonds. The molecule has 0 atom stereocenters. The van der Waals surface area contributed by atoms with Crippen LogP contribution in [0.1, 0.15) is 211 Å². The lowest BCUT2D eigenvalue weighted by atomic mass is 9.79. The Bertz CT molecular complexity index is 2200. The number of benzene rings is 5. The minimum Gasteiger partial charge on any atom is -0.496 e. The standard InChI is InChI=1S/C60H75Br5O5/c1-56(2,3)31-21-36-46(61)38-23-32(57(4,5)6)25-40(52(38)67-17)48(63)42-27-34(59(10,11)12)29-44(54(42)69-19)50(65)45-30-35(60(13,14)15)28-43(55(45)70-20)49(64)41-26-33(58(7,8)9)24-39(53(41)68-18)47(62)37(22-31)51(36)66-16/h21-30,46-50H,1-20H3. The van der Waals surface area contributed by atoms with Crippen LogP contribution < -0.4 is 23.7 Å². The summed E-state index contributed by atoms with van der Waals surface area (Å²) in [7, 11) is 8.88. The van der Waals surface area contributed by atoms with Gasteiger partial charge in [0.1, 0.15) is 28.7 Å². The van der Waals surface area contributed by atoms with Gasteiger partial charge in [-0.3, -0.25) is 0 Å². The van der Waals surface area contributed by atoms with Crippen molar-refractivity contribution in [3.8, 4) is 28.7 Å². The predicted octanol–water partition coefficient (Wildman–Crippen LogP) is 19.0. The minimum absolute atomic E-state index is 0.220. The lowest BCUT2D eigenvalue weighted by Gasteiger charge is -2.32. The van der Waals surface area contributed by atoms with E-state index in [4.69, 9.17) is 23.7 Å². The molecule has 1 aliphatic rings. The van der Waals surface area contributed by atoms with Crippen molar-refractivity contribution in [1.82, 2.24) is 0 Å². The minimum atomic E-state index is -0.352. The number of fused-ring (bicyclic) bond motifs is 10. The number of halogens is 5. The Kier molecular flexibility index (Phi) is 16.8. The molecule has 5 aromatic carbocycles. The molecule has 0 radical (unpaired) electrons. The molecule has 0 aromatic heterocycles. The maximum absolute atomic E-state index is 6.65. The van der Waals surface area contributed by atoms with Crippen molar-refractivity contribution in [3.05, 3.63) is 144 Å². The van der Waals surface area contributed by atoms with Crippen molar-refractivity contribution >= 4 is 79.6 Å². The molecule has 5 nitrogen and oxygen atoms in total. The van der Waals surface area contributed by atoms with Gasteiger partial charge in [0.05, 0.1) is 59.7 Å². The van der Waals surface area contributed by atoms with E-state index in [2.05, 4.69) is 244 Å². The Hall–Kier alpha value is -2.50. The van der Waals surface area contributed by atoms with Crippen molar-refractivity contribution < 1.29 is 23.7 Å². The fraction of sp³-hybridized carbons (Fsp3) is 0.500. The number of hydrogen-bond acceptors (Lipinski definition) is 5. The normalized spacial score (nSPS) is 19.1. The van der Waals surface area contributed by atoms with Crippen molar-refractivity contribution in [3.63, 3.8) is 0 Å². The van der Waals surface area contributed by atoms with Gasteiger partial charge in [-0.2, -0.15) is 0 Å². The molecule has 10 bridgehead atoms. The van der Waals surface area contributed by atoms with Crippen LogP contribution in [-0.4, -0.2) is 35.5 Å². The van der Waals surface area contributed by atoms with E-state index in [0.717, 1.165) is 84.4 Å². The van der Waals surface area contributed by atoms with E-state index in [1.807, 2.05) is 0 Å². The first kappa shape index (κ1) is 56.8. The Morgan fingerprint density at radius 1 is 0.243 bits per heavy atom. The topological polar surface area (TPSA) is 46.2 Å². The van der Waals surface area contributed by atoms with Crippen LogP contribution in [0.5, 0.6) is 28.7 Å². The van der Waals surface area contributed by atoms with Gasteiger partial charge in [-0.05, 0) is 54.9 Å². The van der Waals surface area contributed by atoms with Gasteiger partial charge in [-0.1, -0.05) is 244 Å². The van der Waals surface area contributed by atoms with Gasteiger partial charge in [0.2, 0.25) is 0 Å². The van der Waals surface area contributed by atoms with Crippen molar-refractivity contribution in [1.29, 1.82) is 0 Å². The second-order valence-electron chi connectivity index (χ2n) is 24.0. The van der Waals surface area contributed by atoms with Crippen LogP contribution in [0, 0.1) is 0 Å². The zero-order valence-corrected chi connectivity index (χ0v) is 53.0. The van der Waals surface area contributed by atoms with Gasteiger partial charge in [0, 0.05) is 55.6 Å². The Morgan fingerprint density at radius 2 is 0.343 bits per heavy atom. The van der Waals surface area contributed by atoms with Gasteiger partial charge in [0.25, 0.3) is 0 Å². The molecule has 0 saturated heterocycles. The monoisotopic (exact) mass is 1270 g/mol. The molecule has 6 rings (SSSR count). The van der Waals surface area contributed by atoms with Crippen molar-refractivity contribution in [2.45, 2.75) is 155 Å². The van der Waals surface area contributed by atoms with Gasteiger partial charge in [-0.25, -0.2) is 0 Å². The first-order valence-electron chi connectivity index (χ1n) is 24.1. The first-order chi connectivity index (χ1) is 32.2. The second kappa shape index (κ2) is 20.7. The lowest BCUT2D eigenvalue weighted by Crippen LogP contribution is -2.18. The largest absolute Gasteiger partial charge is 0.496 e. The highest BCUT2D eigenvalue weighted by atomic mass is 79.9. The molecule has 5 aromatic rings. The number of methoxy groups -OCH3 is 5. The van der Waals surface area contributed by atoms with Crippen molar-refractivity contribution in [2.24, 2.45) is 0 Å². The zero-order valence-electron chi connectivity index (χ0n) is 45.1. The zero-order chi connectivity index (χ0) is 52.5. The van der Waals surface area contributed by atoms with Crippen LogP contribution in [0.3, 0.4) is 0 Å². The lowest BCUT2D eigenvalue weighted by molar-refractivity contribution is 0.394. The summed E-state index contributed by atoms with van der Waals surface area (Å²) in [6.07, 6.45) is 0. The number of ether oxygens (including phenoxy) is 5.